The predicted octanol–water partition coefficient (Wildman–Crippen LogP) is 1.94. The van der Waals surface area contributed by atoms with Gasteiger partial charge in [0.15, 0.2) is 0 Å². The summed E-state index contributed by atoms with van der Waals surface area (Å²) in [6.07, 6.45) is 1.36. The number of carboxylic acid groups (broad SMARTS) is 1. The molecular weight excluding hydrogens is 260 g/mol. The molecule has 6 nitrogen and oxygen atoms in total. The second-order valence-corrected chi connectivity index (χ2v) is 6.05. The molecule has 110 valence electrons. The molecule has 1 aliphatic rings. The van der Waals surface area contributed by atoms with Gasteiger partial charge in [0.05, 0.1) is 12.5 Å². The largest absolute Gasteiger partial charge is 0.481 e. The number of carbonyl (C=O) groups is 2. The molecule has 0 bridgehead atoms. The lowest BCUT2D eigenvalue weighted by molar-refractivity contribution is -0.142. The van der Waals surface area contributed by atoms with E-state index in [1.54, 1.807) is 20.8 Å². The first kappa shape index (κ1) is 14.4. The van der Waals surface area contributed by atoms with Gasteiger partial charge in [0.2, 0.25) is 0 Å². The standard InChI is InChI=1S/C14H20N2O4/c1-14(2,3)20-13(19)16-8-10(12(17)18)7-15-6-4-5-11(15)9-16/h4-6,10H,7-9H2,1-3H3,(H,17,18)/t10-/m0/s1. The molecule has 0 radical (unpaired) electrons. The van der Waals surface area contributed by atoms with E-state index in [1.807, 2.05) is 22.9 Å². The molecule has 6 heteroatoms. The lowest BCUT2D eigenvalue weighted by atomic mass is 10.1. The van der Waals surface area contributed by atoms with Crippen molar-refractivity contribution in [3.63, 3.8) is 0 Å². The fraction of sp³-hybridized carbons (Fsp3) is 0.571. The van der Waals surface area contributed by atoms with Crippen molar-refractivity contribution in [1.82, 2.24) is 9.47 Å². The van der Waals surface area contributed by atoms with E-state index in [9.17, 15) is 14.7 Å². The Bertz CT molecular complexity index is 515. The summed E-state index contributed by atoms with van der Waals surface area (Å²) < 4.78 is 7.22. The molecule has 1 aromatic heterocycles. The minimum atomic E-state index is -0.903. The number of ether oxygens (including phenoxy) is 1. The molecule has 1 N–H and O–H groups in total. The first-order valence-corrected chi connectivity index (χ1v) is 6.61. The van der Waals surface area contributed by atoms with E-state index in [2.05, 4.69) is 0 Å². The Morgan fingerprint density at radius 3 is 2.65 bits per heavy atom. The third-order valence-corrected chi connectivity index (χ3v) is 3.14. The van der Waals surface area contributed by atoms with E-state index in [-0.39, 0.29) is 6.54 Å². The maximum atomic E-state index is 12.2. The van der Waals surface area contributed by atoms with Crippen molar-refractivity contribution in [2.75, 3.05) is 6.54 Å². The summed E-state index contributed by atoms with van der Waals surface area (Å²) in [5, 5.41) is 9.27. The summed E-state index contributed by atoms with van der Waals surface area (Å²) in [5.74, 6) is -1.53. The van der Waals surface area contributed by atoms with Crippen LogP contribution in [0.5, 0.6) is 0 Å². The first-order chi connectivity index (χ1) is 9.26. The van der Waals surface area contributed by atoms with E-state index >= 15 is 0 Å². The van der Waals surface area contributed by atoms with Gasteiger partial charge in [-0.1, -0.05) is 0 Å². The summed E-state index contributed by atoms with van der Waals surface area (Å²) in [5.41, 5.74) is 0.323. The van der Waals surface area contributed by atoms with Gasteiger partial charge in [-0.25, -0.2) is 4.79 Å². The van der Waals surface area contributed by atoms with E-state index in [0.717, 1.165) is 5.69 Å². The Kier molecular flexibility index (Phi) is 3.74. The number of hydrogen-bond donors (Lipinski definition) is 1. The van der Waals surface area contributed by atoms with Crippen molar-refractivity contribution >= 4 is 12.1 Å². The van der Waals surface area contributed by atoms with Crippen molar-refractivity contribution in [3.8, 4) is 0 Å². The van der Waals surface area contributed by atoms with Crippen LogP contribution in [0.1, 0.15) is 26.5 Å². The Balaban J connectivity index is 2.21. The van der Waals surface area contributed by atoms with E-state index in [4.69, 9.17) is 4.74 Å². The van der Waals surface area contributed by atoms with E-state index in [1.165, 1.54) is 4.90 Å². The van der Waals surface area contributed by atoms with Crippen LogP contribution in [0.4, 0.5) is 4.79 Å². The van der Waals surface area contributed by atoms with Crippen LogP contribution in [0.2, 0.25) is 0 Å². The van der Waals surface area contributed by atoms with Crippen LogP contribution in [-0.2, 0) is 22.6 Å². The molecule has 0 saturated carbocycles. The van der Waals surface area contributed by atoms with Gasteiger partial charge in [0, 0.05) is 25.0 Å². The zero-order valence-electron chi connectivity index (χ0n) is 12.0. The van der Waals surface area contributed by atoms with Crippen molar-refractivity contribution in [2.24, 2.45) is 5.92 Å². The number of amides is 1. The molecular formula is C14H20N2O4. The number of carboxylic acids is 1. The minimum absolute atomic E-state index is 0.159. The molecule has 20 heavy (non-hydrogen) atoms. The van der Waals surface area contributed by atoms with Crippen LogP contribution < -0.4 is 0 Å². The highest BCUT2D eigenvalue weighted by Crippen LogP contribution is 2.20. The topological polar surface area (TPSA) is 71.8 Å². The van der Waals surface area contributed by atoms with Crippen LogP contribution >= 0.6 is 0 Å². The van der Waals surface area contributed by atoms with Crippen LogP contribution in [0.15, 0.2) is 18.3 Å². The van der Waals surface area contributed by atoms with E-state index in [0.29, 0.717) is 13.1 Å². The highest BCUT2D eigenvalue weighted by molar-refractivity contribution is 5.73. The van der Waals surface area contributed by atoms with Crippen molar-refractivity contribution in [1.29, 1.82) is 0 Å². The lowest BCUT2D eigenvalue weighted by Crippen LogP contribution is -2.40. The second kappa shape index (κ2) is 5.19. The Labute approximate surface area is 117 Å². The van der Waals surface area contributed by atoms with Crippen molar-refractivity contribution in [2.45, 2.75) is 39.5 Å². The number of aromatic nitrogens is 1. The van der Waals surface area contributed by atoms with Gasteiger partial charge in [0.1, 0.15) is 5.60 Å². The van der Waals surface area contributed by atoms with Gasteiger partial charge in [-0.15, -0.1) is 0 Å². The average Bonchev–Trinajstić information content (AvgIpc) is 2.64. The quantitative estimate of drug-likeness (QED) is 0.853. The highest BCUT2D eigenvalue weighted by Gasteiger charge is 2.31. The fourth-order valence-corrected chi connectivity index (χ4v) is 2.21. The van der Waals surface area contributed by atoms with Crippen LogP contribution in [-0.4, -0.2) is 38.8 Å². The Morgan fingerprint density at radius 2 is 2.05 bits per heavy atom. The number of aliphatic carboxylic acids is 1. The monoisotopic (exact) mass is 280 g/mol. The number of nitrogens with zero attached hydrogens (tertiary/aromatic N) is 2. The summed E-state index contributed by atoms with van der Waals surface area (Å²) in [4.78, 5) is 24.9. The zero-order valence-corrected chi connectivity index (χ0v) is 12.0. The Hall–Kier alpha value is -1.98. The normalized spacial score (nSPS) is 19.1. The van der Waals surface area contributed by atoms with Gasteiger partial charge in [-0.2, -0.15) is 0 Å². The summed E-state index contributed by atoms with van der Waals surface area (Å²) in [7, 11) is 0. The van der Waals surface area contributed by atoms with Crippen LogP contribution in [0.3, 0.4) is 0 Å². The Morgan fingerprint density at radius 1 is 1.35 bits per heavy atom. The third kappa shape index (κ3) is 3.31. The lowest BCUT2D eigenvalue weighted by Gasteiger charge is -2.27. The maximum absolute atomic E-state index is 12.2. The molecule has 0 saturated heterocycles. The van der Waals surface area contributed by atoms with Gasteiger partial charge in [-0.05, 0) is 32.9 Å². The number of carbonyl (C=O) groups excluding carboxylic acids is 1. The predicted molar refractivity (Wildman–Crippen MR) is 72.2 cm³/mol. The van der Waals surface area contributed by atoms with Crippen LogP contribution in [0.25, 0.3) is 0 Å². The third-order valence-electron chi connectivity index (χ3n) is 3.14. The number of rotatable bonds is 1. The summed E-state index contributed by atoms with van der Waals surface area (Å²) >= 11 is 0. The molecule has 0 aliphatic carbocycles. The van der Waals surface area contributed by atoms with Gasteiger partial charge in [0.25, 0.3) is 0 Å². The molecule has 2 heterocycles. The molecule has 0 fully saturated rings. The molecule has 0 spiro atoms. The van der Waals surface area contributed by atoms with E-state index < -0.39 is 23.6 Å². The fourth-order valence-electron chi connectivity index (χ4n) is 2.21. The smallest absolute Gasteiger partial charge is 0.410 e. The summed E-state index contributed by atoms with van der Waals surface area (Å²) in [6.45, 7) is 6.27. The number of hydrogen-bond acceptors (Lipinski definition) is 3. The zero-order chi connectivity index (χ0) is 14.9. The van der Waals surface area contributed by atoms with Gasteiger partial charge < -0.3 is 19.3 Å². The SMILES string of the molecule is CC(C)(C)OC(=O)N1Cc2cccn2C[C@H](C(=O)O)C1. The molecule has 1 atom stereocenters. The summed E-state index contributed by atoms with van der Waals surface area (Å²) in [6, 6.07) is 3.74. The molecule has 1 aliphatic heterocycles. The highest BCUT2D eigenvalue weighted by atomic mass is 16.6. The molecule has 2 rings (SSSR count). The minimum Gasteiger partial charge on any atom is -0.481 e. The molecule has 0 aromatic carbocycles. The van der Waals surface area contributed by atoms with Gasteiger partial charge in [-0.3, -0.25) is 4.79 Å². The maximum Gasteiger partial charge on any atom is 0.410 e. The average molecular weight is 280 g/mol. The molecule has 1 aromatic rings. The van der Waals surface area contributed by atoms with Crippen molar-refractivity contribution in [3.05, 3.63) is 24.0 Å². The molecule has 0 unspecified atom stereocenters. The van der Waals surface area contributed by atoms with Gasteiger partial charge >= 0.3 is 12.1 Å². The second-order valence-electron chi connectivity index (χ2n) is 6.05. The number of fused-ring (bicyclic) bond motifs is 1. The molecule has 1 amide bonds. The first-order valence-electron chi connectivity index (χ1n) is 6.61. The van der Waals surface area contributed by atoms with Crippen molar-refractivity contribution < 1.29 is 19.4 Å². The van der Waals surface area contributed by atoms with Crippen LogP contribution in [0, 0.1) is 5.92 Å².